The molecule has 0 radical (unpaired) electrons. The summed E-state index contributed by atoms with van der Waals surface area (Å²) in [6, 6.07) is -1.14. The maximum absolute atomic E-state index is 12.4. The number of nitrogens with one attached hydrogen (secondary N) is 1. The average Bonchev–Trinajstić information content (AvgIpc) is 2.72. The highest BCUT2D eigenvalue weighted by atomic mass is 16.5. The predicted molar refractivity (Wildman–Crippen MR) is 80.5 cm³/mol. The Morgan fingerprint density at radius 3 is 2.46 bits per heavy atom. The third-order valence-corrected chi connectivity index (χ3v) is 4.30. The SMILES string of the molecule is CCOC(=O)NC(=O)CN1C(=O)C(=O)N([C@@H]2CCCC[C@@H]2C)C1=O. The Morgan fingerprint density at radius 2 is 1.83 bits per heavy atom. The van der Waals surface area contributed by atoms with Crippen molar-refractivity contribution < 1.29 is 28.7 Å². The minimum Gasteiger partial charge on any atom is -0.450 e. The summed E-state index contributed by atoms with van der Waals surface area (Å²) >= 11 is 0. The van der Waals surface area contributed by atoms with Crippen LogP contribution in [-0.2, 0) is 19.1 Å². The molecule has 132 valence electrons. The average molecular weight is 339 g/mol. The number of amides is 6. The number of urea groups is 1. The van der Waals surface area contributed by atoms with Crippen LogP contribution in [0.3, 0.4) is 0 Å². The summed E-state index contributed by atoms with van der Waals surface area (Å²) in [6.07, 6.45) is 2.45. The number of nitrogens with zero attached hydrogens (tertiary/aromatic N) is 2. The molecule has 6 amide bonds. The Balaban J connectivity index is 2.05. The first kappa shape index (κ1) is 17.9. The topological polar surface area (TPSA) is 113 Å². The van der Waals surface area contributed by atoms with Crippen LogP contribution in [0, 0.1) is 5.92 Å². The Morgan fingerprint density at radius 1 is 1.17 bits per heavy atom. The number of carbonyl (C=O) groups is 5. The second kappa shape index (κ2) is 7.41. The molecule has 9 heteroatoms. The van der Waals surface area contributed by atoms with Crippen LogP contribution < -0.4 is 5.32 Å². The molecule has 0 aromatic rings. The first-order valence-electron chi connectivity index (χ1n) is 8.02. The molecule has 1 aliphatic carbocycles. The maximum atomic E-state index is 12.4. The molecule has 9 nitrogen and oxygen atoms in total. The van der Waals surface area contributed by atoms with E-state index in [1.807, 2.05) is 12.2 Å². The maximum Gasteiger partial charge on any atom is 0.413 e. The third kappa shape index (κ3) is 3.55. The van der Waals surface area contributed by atoms with Crippen molar-refractivity contribution in [2.24, 2.45) is 5.92 Å². The van der Waals surface area contributed by atoms with Gasteiger partial charge in [-0.15, -0.1) is 0 Å². The largest absolute Gasteiger partial charge is 0.450 e. The fraction of sp³-hybridized carbons (Fsp3) is 0.667. The Hall–Kier alpha value is -2.45. The molecule has 2 rings (SSSR count). The van der Waals surface area contributed by atoms with Gasteiger partial charge in [0.1, 0.15) is 6.54 Å². The molecule has 2 aliphatic rings. The molecule has 2 fully saturated rings. The lowest BCUT2D eigenvalue weighted by atomic mass is 9.85. The lowest BCUT2D eigenvalue weighted by Crippen LogP contribution is -2.47. The Labute approximate surface area is 139 Å². The fourth-order valence-corrected chi connectivity index (χ4v) is 3.10. The first-order valence-corrected chi connectivity index (χ1v) is 8.02. The molecule has 1 heterocycles. The van der Waals surface area contributed by atoms with E-state index in [1.165, 1.54) is 0 Å². The highest BCUT2D eigenvalue weighted by Crippen LogP contribution is 2.31. The van der Waals surface area contributed by atoms with Gasteiger partial charge in [-0.25, -0.2) is 14.5 Å². The summed E-state index contributed by atoms with van der Waals surface area (Å²) in [7, 11) is 0. The van der Waals surface area contributed by atoms with Crippen molar-refractivity contribution in [3.05, 3.63) is 0 Å². The van der Waals surface area contributed by atoms with Gasteiger partial charge in [0, 0.05) is 6.04 Å². The summed E-state index contributed by atoms with van der Waals surface area (Å²) in [5.74, 6) is -2.74. The van der Waals surface area contributed by atoms with E-state index in [-0.39, 0.29) is 18.6 Å². The second-order valence-electron chi connectivity index (χ2n) is 5.95. The van der Waals surface area contributed by atoms with Crippen molar-refractivity contribution in [1.29, 1.82) is 0 Å². The summed E-state index contributed by atoms with van der Waals surface area (Å²) in [5, 5.41) is 1.89. The molecule has 1 N–H and O–H groups in total. The molecule has 1 saturated heterocycles. The van der Waals surface area contributed by atoms with Gasteiger partial charge in [-0.05, 0) is 25.7 Å². The molecular formula is C15H21N3O6. The zero-order chi connectivity index (χ0) is 17.9. The van der Waals surface area contributed by atoms with Gasteiger partial charge in [-0.2, -0.15) is 0 Å². The van der Waals surface area contributed by atoms with E-state index < -0.39 is 36.4 Å². The fourth-order valence-electron chi connectivity index (χ4n) is 3.10. The van der Waals surface area contributed by atoms with E-state index in [4.69, 9.17) is 0 Å². The van der Waals surface area contributed by atoms with Crippen LogP contribution in [0.15, 0.2) is 0 Å². The zero-order valence-electron chi connectivity index (χ0n) is 13.7. The number of hydrogen-bond acceptors (Lipinski definition) is 6. The van der Waals surface area contributed by atoms with Crippen LogP contribution in [0.4, 0.5) is 9.59 Å². The van der Waals surface area contributed by atoms with Crippen LogP contribution in [0.2, 0.25) is 0 Å². The van der Waals surface area contributed by atoms with Crippen molar-refractivity contribution in [2.45, 2.75) is 45.6 Å². The molecule has 1 saturated carbocycles. The van der Waals surface area contributed by atoms with Crippen LogP contribution in [0.5, 0.6) is 0 Å². The highest BCUT2D eigenvalue weighted by molar-refractivity contribution is 6.45. The summed E-state index contributed by atoms with van der Waals surface area (Å²) in [6.45, 7) is 2.89. The molecule has 0 aromatic heterocycles. The number of alkyl carbamates (subject to hydrolysis) is 1. The second-order valence-corrected chi connectivity index (χ2v) is 5.95. The molecular weight excluding hydrogens is 318 g/mol. The van der Waals surface area contributed by atoms with E-state index >= 15 is 0 Å². The van der Waals surface area contributed by atoms with Gasteiger partial charge in [0.25, 0.3) is 0 Å². The first-order chi connectivity index (χ1) is 11.4. The van der Waals surface area contributed by atoms with Gasteiger partial charge >= 0.3 is 23.9 Å². The van der Waals surface area contributed by atoms with E-state index in [1.54, 1.807) is 6.92 Å². The van der Waals surface area contributed by atoms with Gasteiger partial charge in [0.05, 0.1) is 6.61 Å². The number of imide groups is 3. The van der Waals surface area contributed by atoms with Crippen molar-refractivity contribution in [3.8, 4) is 0 Å². The number of carbonyl (C=O) groups excluding carboxylic acids is 5. The normalized spacial score (nSPS) is 24.3. The van der Waals surface area contributed by atoms with Crippen LogP contribution in [0.1, 0.15) is 39.5 Å². The zero-order valence-corrected chi connectivity index (χ0v) is 13.7. The Kier molecular flexibility index (Phi) is 5.53. The van der Waals surface area contributed by atoms with Gasteiger partial charge in [-0.1, -0.05) is 19.8 Å². The standard InChI is InChI=1S/C15H21N3O6/c1-3-24-14(22)16-11(19)8-17-12(20)13(21)18(15(17)23)10-7-5-4-6-9(10)2/h9-10H,3-8H2,1-2H3,(H,16,19,22)/t9-,10+/m0/s1. The predicted octanol–water partition coefficient (Wildman–Crippen LogP) is 0.629. The van der Waals surface area contributed by atoms with Gasteiger partial charge < -0.3 is 4.74 Å². The number of hydrogen-bond donors (Lipinski definition) is 1. The molecule has 0 aromatic carbocycles. The number of rotatable bonds is 4. The summed E-state index contributed by atoms with van der Waals surface area (Å²) in [5.41, 5.74) is 0. The van der Waals surface area contributed by atoms with Gasteiger partial charge in [-0.3, -0.25) is 24.6 Å². The van der Waals surface area contributed by atoms with E-state index in [0.717, 1.165) is 24.2 Å². The summed E-state index contributed by atoms with van der Waals surface area (Å²) < 4.78 is 4.55. The molecule has 0 unspecified atom stereocenters. The summed E-state index contributed by atoms with van der Waals surface area (Å²) in [4.78, 5) is 61.1. The minimum absolute atomic E-state index is 0.0759. The van der Waals surface area contributed by atoms with Crippen molar-refractivity contribution >= 4 is 29.8 Å². The smallest absolute Gasteiger partial charge is 0.413 e. The van der Waals surface area contributed by atoms with Crippen LogP contribution in [0.25, 0.3) is 0 Å². The lowest BCUT2D eigenvalue weighted by molar-refractivity contribution is -0.145. The number of ether oxygens (including phenoxy) is 1. The van der Waals surface area contributed by atoms with Crippen molar-refractivity contribution in [3.63, 3.8) is 0 Å². The minimum atomic E-state index is -1.04. The molecule has 0 spiro atoms. The van der Waals surface area contributed by atoms with E-state index in [9.17, 15) is 24.0 Å². The molecule has 1 aliphatic heterocycles. The van der Waals surface area contributed by atoms with E-state index in [2.05, 4.69) is 4.74 Å². The van der Waals surface area contributed by atoms with E-state index in [0.29, 0.717) is 11.3 Å². The van der Waals surface area contributed by atoms with Crippen LogP contribution >= 0.6 is 0 Å². The van der Waals surface area contributed by atoms with Crippen LogP contribution in [-0.4, -0.2) is 58.8 Å². The monoisotopic (exact) mass is 339 g/mol. The van der Waals surface area contributed by atoms with Gasteiger partial charge in [0.15, 0.2) is 0 Å². The Bertz CT molecular complexity index is 576. The van der Waals surface area contributed by atoms with Gasteiger partial charge in [0.2, 0.25) is 5.91 Å². The quantitative estimate of drug-likeness (QED) is 0.594. The lowest BCUT2D eigenvalue weighted by Gasteiger charge is -2.34. The molecule has 24 heavy (non-hydrogen) atoms. The van der Waals surface area contributed by atoms with Crippen molar-refractivity contribution in [1.82, 2.24) is 15.1 Å². The molecule has 2 atom stereocenters. The van der Waals surface area contributed by atoms with Crippen molar-refractivity contribution in [2.75, 3.05) is 13.2 Å². The highest BCUT2D eigenvalue weighted by Gasteiger charge is 2.49. The molecule has 0 bridgehead atoms. The third-order valence-electron chi connectivity index (χ3n) is 4.30.